The molecule has 0 aliphatic rings. The highest BCUT2D eigenvalue weighted by molar-refractivity contribution is 8.78. The van der Waals surface area contributed by atoms with E-state index in [9.17, 15) is 26.7 Å². The van der Waals surface area contributed by atoms with Crippen LogP contribution in [0, 0.1) is 0 Å². The van der Waals surface area contributed by atoms with Gasteiger partial charge in [0, 0.05) is 10.6 Å². The predicted molar refractivity (Wildman–Crippen MR) is 79.8 cm³/mol. The molecular formula is C10H5Cl3F5NOS2. The van der Waals surface area contributed by atoms with E-state index in [1.54, 1.807) is 0 Å². The summed E-state index contributed by atoms with van der Waals surface area (Å²) in [4.78, 5) is 11.5. The normalized spacial score (nSPS) is 13.1. The molecular weight excluding hydrogens is 416 g/mol. The van der Waals surface area contributed by atoms with Crippen molar-refractivity contribution in [1.82, 2.24) is 0 Å². The second-order valence-electron chi connectivity index (χ2n) is 3.66. The molecule has 12 heteroatoms. The van der Waals surface area contributed by atoms with Gasteiger partial charge in [0.1, 0.15) is 0 Å². The number of halogens is 8. The Morgan fingerprint density at radius 1 is 1.00 bits per heavy atom. The van der Waals surface area contributed by atoms with E-state index in [4.69, 9.17) is 34.8 Å². The largest absolute Gasteiger partial charge is 0.463 e. The molecule has 22 heavy (non-hydrogen) atoms. The topological polar surface area (TPSA) is 29.1 Å². The fourth-order valence-electron chi connectivity index (χ4n) is 1.03. The first-order valence-electron chi connectivity index (χ1n) is 5.11. The Morgan fingerprint density at radius 3 is 1.91 bits per heavy atom. The van der Waals surface area contributed by atoms with Gasteiger partial charge in [-0.15, -0.1) is 0 Å². The Labute approximate surface area is 144 Å². The molecule has 1 amide bonds. The van der Waals surface area contributed by atoms with E-state index in [2.05, 4.69) is 0 Å². The highest BCUT2D eigenvalue weighted by Gasteiger charge is 2.63. The molecule has 0 unspecified atom stereocenters. The second kappa shape index (κ2) is 7.21. The number of anilines is 1. The molecule has 0 aromatic heterocycles. The average molecular weight is 421 g/mol. The van der Waals surface area contributed by atoms with Crippen LogP contribution < -0.4 is 5.32 Å². The second-order valence-corrected chi connectivity index (χ2v) is 9.03. The van der Waals surface area contributed by atoms with Gasteiger partial charge in [0.15, 0.2) is 0 Å². The van der Waals surface area contributed by atoms with Gasteiger partial charge in [0.05, 0.1) is 0 Å². The molecule has 0 atom stereocenters. The van der Waals surface area contributed by atoms with Gasteiger partial charge in [-0.3, -0.25) is 4.79 Å². The summed E-state index contributed by atoms with van der Waals surface area (Å²) < 4.78 is 60.0. The fraction of sp³-hybridized carbons (Fsp3) is 0.300. The van der Waals surface area contributed by atoms with Gasteiger partial charge in [-0.2, -0.15) is 22.0 Å². The average Bonchev–Trinajstić information content (AvgIpc) is 2.35. The first-order chi connectivity index (χ1) is 9.83. The van der Waals surface area contributed by atoms with E-state index < -0.39 is 21.1 Å². The zero-order valence-corrected chi connectivity index (χ0v) is 14.0. The van der Waals surface area contributed by atoms with Crippen LogP contribution in [0.4, 0.5) is 27.6 Å². The first-order valence-corrected chi connectivity index (χ1v) is 8.40. The number of amides is 1. The molecule has 1 aromatic rings. The molecule has 0 spiro atoms. The molecule has 0 saturated heterocycles. The summed E-state index contributed by atoms with van der Waals surface area (Å²) >= 11 is 16.5. The molecule has 0 saturated carbocycles. The van der Waals surface area contributed by atoms with E-state index in [-0.39, 0.29) is 5.69 Å². The van der Waals surface area contributed by atoms with Crippen molar-refractivity contribution in [2.45, 2.75) is 20.1 Å². The fourth-order valence-corrected chi connectivity index (χ4v) is 3.22. The Kier molecular flexibility index (Phi) is 6.54. The lowest BCUT2D eigenvalue weighted by molar-refractivity contribution is -0.267. The molecule has 1 rings (SSSR count). The minimum Gasteiger partial charge on any atom is -0.321 e. The van der Waals surface area contributed by atoms with Crippen molar-refractivity contribution in [3.63, 3.8) is 0 Å². The van der Waals surface area contributed by atoms with Crippen LogP contribution in [0.25, 0.3) is 0 Å². The molecule has 2 nitrogen and oxygen atoms in total. The third-order valence-electron chi connectivity index (χ3n) is 1.99. The Bertz CT molecular complexity index is 533. The van der Waals surface area contributed by atoms with Crippen molar-refractivity contribution in [2.75, 3.05) is 5.32 Å². The van der Waals surface area contributed by atoms with Crippen molar-refractivity contribution < 1.29 is 26.7 Å². The lowest BCUT2D eigenvalue weighted by atomic mass is 10.2. The predicted octanol–water partition coefficient (Wildman–Crippen LogP) is 5.89. The highest BCUT2D eigenvalue weighted by atomic mass is 35.6. The summed E-state index contributed by atoms with van der Waals surface area (Å²) in [6.07, 6.45) is -5.96. The van der Waals surface area contributed by atoms with Gasteiger partial charge in [0.2, 0.25) is 3.12 Å². The Hall–Kier alpha value is -0.0900. The number of carbonyl (C=O) groups is 1. The third kappa shape index (κ3) is 5.84. The van der Waals surface area contributed by atoms with Crippen molar-refractivity contribution in [2.24, 2.45) is 0 Å². The first kappa shape index (κ1) is 20.0. The highest BCUT2D eigenvalue weighted by Crippen LogP contribution is 2.49. The molecule has 1 N–H and O–H groups in total. The maximum absolute atomic E-state index is 12.8. The van der Waals surface area contributed by atoms with Crippen molar-refractivity contribution in [3.05, 3.63) is 24.3 Å². The maximum atomic E-state index is 12.8. The van der Waals surface area contributed by atoms with Gasteiger partial charge >= 0.3 is 18.0 Å². The van der Waals surface area contributed by atoms with Gasteiger partial charge in [0.25, 0.3) is 0 Å². The van der Waals surface area contributed by atoms with Crippen molar-refractivity contribution >= 4 is 68.0 Å². The van der Waals surface area contributed by atoms with Crippen LogP contribution in [-0.2, 0) is 4.79 Å². The minimum absolute atomic E-state index is 0.225. The maximum Gasteiger partial charge on any atom is 0.463 e. The van der Waals surface area contributed by atoms with Crippen molar-refractivity contribution in [1.29, 1.82) is 0 Å². The number of rotatable bonds is 4. The summed E-state index contributed by atoms with van der Waals surface area (Å²) in [7, 11) is 1.92. The lowest BCUT2D eigenvalue weighted by Crippen LogP contribution is -2.47. The Morgan fingerprint density at radius 2 is 1.50 bits per heavy atom. The number of hydrogen-bond donors (Lipinski definition) is 1. The van der Waals surface area contributed by atoms with E-state index in [0.717, 1.165) is 33.7 Å². The van der Waals surface area contributed by atoms with E-state index in [1.165, 1.54) is 17.4 Å². The summed E-state index contributed by atoms with van der Waals surface area (Å²) in [5.74, 6) is -7.94. The van der Waals surface area contributed by atoms with Crippen LogP contribution in [0.3, 0.4) is 0 Å². The molecule has 0 aliphatic heterocycles. The molecule has 0 fully saturated rings. The standard InChI is InChI=1S/C10H5Cl3F5NOS2/c11-10(12,13)22-21-6-3-1-5(2-4-6)19-7(20)8(14,15)9(16,17)18/h1-4H,(H,19,20). The monoisotopic (exact) mass is 419 g/mol. The summed E-state index contributed by atoms with van der Waals surface area (Å²) in [5, 5.41) is 1.49. The van der Waals surface area contributed by atoms with E-state index >= 15 is 0 Å². The molecule has 0 aliphatic carbocycles. The van der Waals surface area contributed by atoms with Crippen LogP contribution in [0.2, 0.25) is 0 Å². The minimum atomic E-state index is -5.96. The van der Waals surface area contributed by atoms with Crippen LogP contribution in [0.15, 0.2) is 29.2 Å². The molecule has 0 radical (unpaired) electrons. The summed E-state index contributed by atoms with van der Waals surface area (Å²) in [6.45, 7) is 0. The number of carbonyl (C=O) groups excluding carboxylic acids is 1. The smallest absolute Gasteiger partial charge is 0.321 e. The molecule has 124 valence electrons. The van der Waals surface area contributed by atoms with Crippen LogP contribution in [0.1, 0.15) is 0 Å². The number of hydrogen-bond acceptors (Lipinski definition) is 3. The SMILES string of the molecule is O=C(Nc1ccc(SSC(Cl)(Cl)Cl)cc1)C(F)(F)C(F)(F)F. The zero-order chi connectivity index (χ0) is 17.2. The van der Waals surface area contributed by atoms with Gasteiger partial charge in [-0.1, -0.05) is 45.6 Å². The molecule has 0 heterocycles. The lowest BCUT2D eigenvalue weighted by Gasteiger charge is -2.18. The van der Waals surface area contributed by atoms with E-state index in [0.29, 0.717) is 4.90 Å². The summed E-state index contributed by atoms with van der Waals surface area (Å²) in [5.41, 5.74) is -0.225. The molecule has 1 aromatic carbocycles. The number of benzene rings is 1. The van der Waals surface area contributed by atoms with Crippen LogP contribution >= 0.6 is 56.4 Å². The van der Waals surface area contributed by atoms with Crippen LogP contribution in [-0.4, -0.2) is 21.1 Å². The van der Waals surface area contributed by atoms with Gasteiger partial charge in [-0.05, 0) is 35.1 Å². The number of alkyl halides is 8. The van der Waals surface area contributed by atoms with E-state index in [1.807, 2.05) is 0 Å². The zero-order valence-electron chi connectivity index (χ0n) is 10.1. The number of nitrogens with one attached hydrogen (secondary N) is 1. The quantitative estimate of drug-likeness (QED) is 0.374. The van der Waals surface area contributed by atoms with Gasteiger partial charge in [-0.25, -0.2) is 0 Å². The Balaban J connectivity index is 2.71. The van der Waals surface area contributed by atoms with Gasteiger partial charge < -0.3 is 5.32 Å². The summed E-state index contributed by atoms with van der Waals surface area (Å²) in [6, 6.07) is 5.00. The molecule has 0 bridgehead atoms. The van der Waals surface area contributed by atoms with Crippen molar-refractivity contribution in [3.8, 4) is 0 Å². The third-order valence-corrected chi connectivity index (χ3v) is 5.82. The van der Waals surface area contributed by atoms with Crippen LogP contribution in [0.5, 0.6) is 0 Å².